The molecule has 11 heavy (non-hydrogen) atoms. The molecule has 2 aliphatic rings. The van der Waals surface area contributed by atoms with Gasteiger partial charge in [0.05, 0.1) is 0 Å². The van der Waals surface area contributed by atoms with Gasteiger partial charge in [-0.1, -0.05) is 12.2 Å². The fourth-order valence-corrected chi connectivity index (χ4v) is 2.70. The van der Waals surface area contributed by atoms with E-state index in [4.69, 9.17) is 4.74 Å². The number of alkyl carbamates (subject to hydrolysis) is 1. The minimum atomic E-state index is -0.291. The van der Waals surface area contributed by atoms with E-state index in [0.29, 0.717) is 6.61 Å². The van der Waals surface area contributed by atoms with Crippen molar-refractivity contribution in [1.82, 2.24) is 5.32 Å². The molecule has 2 heterocycles. The average Bonchev–Trinajstić information content (AvgIpc) is 2.55. The maximum atomic E-state index is 10.6. The van der Waals surface area contributed by atoms with Gasteiger partial charge in [-0.25, -0.2) is 4.79 Å². The van der Waals surface area contributed by atoms with Crippen molar-refractivity contribution in [3.05, 3.63) is 23.0 Å². The highest BCUT2D eigenvalue weighted by atomic mass is 32.2. The van der Waals surface area contributed by atoms with Gasteiger partial charge in [-0.3, -0.25) is 0 Å². The predicted molar refractivity (Wildman–Crippen MR) is 45.5 cm³/mol. The van der Waals surface area contributed by atoms with Crippen molar-refractivity contribution in [3.8, 4) is 0 Å². The Morgan fingerprint density at radius 1 is 1.55 bits per heavy atom. The maximum Gasteiger partial charge on any atom is 0.408 e. The Hall–Kier alpha value is -0.900. The molecule has 1 unspecified atom stereocenters. The number of rotatable bonds is 1. The molecular formula is C7H9NO2S. The van der Waals surface area contributed by atoms with Gasteiger partial charge in [0.15, 0.2) is 0 Å². The average molecular weight is 171 g/mol. The van der Waals surface area contributed by atoms with Gasteiger partial charge in [-0.15, -0.1) is 0 Å². The summed E-state index contributed by atoms with van der Waals surface area (Å²) in [5.74, 6) is 0. The summed E-state index contributed by atoms with van der Waals surface area (Å²) < 4.78 is 4.78. The van der Waals surface area contributed by atoms with E-state index in [2.05, 4.69) is 16.1 Å². The molecule has 1 fully saturated rings. The van der Waals surface area contributed by atoms with Gasteiger partial charge in [0, 0.05) is 0 Å². The zero-order valence-corrected chi connectivity index (χ0v) is 6.75. The van der Waals surface area contributed by atoms with Gasteiger partial charge in [-0.05, 0) is 10.8 Å². The molecule has 0 aliphatic carbocycles. The highest BCUT2D eigenvalue weighted by molar-refractivity contribution is 8.22. The molecule has 0 aromatic heterocycles. The third kappa shape index (κ3) is 1.26. The number of allylic oxidation sites excluding steroid dienone is 2. The van der Waals surface area contributed by atoms with Crippen molar-refractivity contribution in [2.24, 2.45) is 0 Å². The van der Waals surface area contributed by atoms with Crippen LogP contribution in [-0.4, -0.2) is 18.1 Å². The van der Waals surface area contributed by atoms with Gasteiger partial charge in [0.2, 0.25) is 0 Å². The Morgan fingerprint density at radius 2 is 2.27 bits per heavy atom. The van der Waals surface area contributed by atoms with Crippen molar-refractivity contribution < 1.29 is 9.53 Å². The van der Waals surface area contributed by atoms with Gasteiger partial charge in [0.1, 0.15) is 12.0 Å². The number of carbonyl (C=O) groups is 1. The van der Waals surface area contributed by atoms with Gasteiger partial charge >= 0.3 is 6.09 Å². The van der Waals surface area contributed by atoms with Crippen LogP contribution in [0.3, 0.4) is 0 Å². The van der Waals surface area contributed by atoms with Crippen LogP contribution in [0.5, 0.6) is 0 Å². The summed E-state index contributed by atoms with van der Waals surface area (Å²) in [6.07, 6.45) is 3.73. The number of cyclic esters (lactones) is 1. The molecular weight excluding hydrogens is 162 g/mol. The number of carbonyl (C=O) groups excluding carboxylic acids is 1. The van der Waals surface area contributed by atoms with Crippen molar-refractivity contribution in [2.75, 3.05) is 6.61 Å². The summed E-state index contributed by atoms with van der Waals surface area (Å²) in [5.41, 5.74) is 0. The summed E-state index contributed by atoms with van der Waals surface area (Å²) in [6, 6.07) is 0. The van der Waals surface area contributed by atoms with E-state index < -0.39 is 0 Å². The first-order chi connectivity index (χ1) is 5.36. The Morgan fingerprint density at radius 3 is 2.82 bits per heavy atom. The van der Waals surface area contributed by atoms with Crippen molar-refractivity contribution in [2.45, 2.75) is 5.37 Å². The number of thiol groups is 1. The van der Waals surface area contributed by atoms with Crippen LogP contribution in [0.2, 0.25) is 0 Å². The van der Waals surface area contributed by atoms with Crippen LogP contribution < -0.4 is 5.32 Å². The van der Waals surface area contributed by atoms with E-state index in [1.165, 1.54) is 0 Å². The molecule has 0 aromatic rings. The Kier molecular flexibility index (Phi) is 1.62. The Labute approximate surface area is 67.5 Å². The number of ether oxygens (including phenoxy) is 1. The SMILES string of the molecule is O=C1NC([SH]2C=CC=C2)CO1. The molecule has 2 rings (SSSR count). The monoisotopic (exact) mass is 171 g/mol. The first-order valence-corrected chi connectivity index (χ1v) is 4.97. The van der Waals surface area contributed by atoms with Crippen molar-refractivity contribution >= 4 is 17.0 Å². The normalized spacial score (nSPS) is 30.7. The molecule has 60 valence electrons. The first kappa shape index (κ1) is 6.79. The minimum Gasteiger partial charge on any atom is -0.446 e. The molecule has 0 aromatic carbocycles. The van der Waals surface area contributed by atoms with Crippen LogP contribution in [-0.2, 0) is 4.74 Å². The highest BCUT2D eigenvalue weighted by Crippen LogP contribution is 2.38. The minimum absolute atomic E-state index is 0.201. The van der Waals surface area contributed by atoms with Gasteiger partial charge < -0.3 is 10.1 Å². The Bertz CT molecular complexity index is 225. The quantitative estimate of drug-likeness (QED) is 0.580. The molecule has 1 saturated heterocycles. The van der Waals surface area contributed by atoms with Gasteiger partial charge in [-0.2, -0.15) is 10.9 Å². The second-order valence-electron chi connectivity index (χ2n) is 2.39. The lowest BCUT2D eigenvalue weighted by atomic mass is 10.6. The third-order valence-corrected chi connectivity index (χ3v) is 3.67. The van der Waals surface area contributed by atoms with Crippen LogP contribution in [0, 0.1) is 0 Å². The van der Waals surface area contributed by atoms with Gasteiger partial charge in [0.25, 0.3) is 0 Å². The van der Waals surface area contributed by atoms with Crippen LogP contribution in [0.1, 0.15) is 0 Å². The largest absolute Gasteiger partial charge is 0.446 e. The summed E-state index contributed by atoms with van der Waals surface area (Å²) >= 11 is 0. The van der Waals surface area contributed by atoms with E-state index in [1.807, 2.05) is 12.2 Å². The zero-order chi connectivity index (χ0) is 7.68. The molecule has 0 saturated carbocycles. The van der Waals surface area contributed by atoms with Crippen LogP contribution in [0.15, 0.2) is 23.0 Å². The molecule has 3 nitrogen and oxygen atoms in total. The van der Waals surface area contributed by atoms with Crippen molar-refractivity contribution in [3.63, 3.8) is 0 Å². The second-order valence-corrected chi connectivity index (χ2v) is 4.50. The molecule has 0 radical (unpaired) electrons. The fraction of sp³-hybridized carbons (Fsp3) is 0.286. The van der Waals surface area contributed by atoms with E-state index in [0.717, 1.165) is 0 Å². The molecule has 4 heteroatoms. The van der Waals surface area contributed by atoms with Crippen LogP contribution in [0.25, 0.3) is 0 Å². The molecule has 1 atom stereocenters. The Balaban J connectivity index is 2.01. The third-order valence-electron chi connectivity index (χ3n) is 1.64. The van der Waals surface area contributed by atoms with Crippen molar-refractivity contribution in [1.29, 1.82) is 0 Å². The second kappa shape index (κ2) is 2.62. The molecule has 0 bridgehead atoms. The van der Waals surface area contributed by atoms with E-state index in [1.54, 1.807) is 0 Å². The first-order valence-electron chi connectivity index (χ1n) is 3.42. The van der Waals surface area contributed by atoms with Crippen LogP contribution in [0.4, 0.5) is 4.79 Å². The molecule has 0 spiro atoms. The molecule has 1 amide bonds. The summed E-state index contributed by atoms with van der Waals surface area (Å²) in [5, 5.41) is 7.20. The predicted octanol–water partition coefficient (Wildman–Crippen LogP) is 1.09. The van der Waals surface area contributed by atoms with Crippen LogP contribution >= 0.6 is 10.9 Å². The maximum absolute atomic E-state index is 10.6. The highest BCUT2D eigenvalue weighted by Gasteiger charge is 2.25. The number of nitrogens with one attached hydrogen (secondary N) is 1. The van der Waals surface area contributed by atoms with E-state index in [9.17, 15) is 4.79 Å². The topological polar surface area (TPSA) is 38.3 Å². The summed E-state index contributed by atoms with van der Waals surface area (Å²) in [7, 11) is -0.291. The fourth-order valence-electron chi connectivity index (χ4n) is 1.09. The number of hydrogen-bond acceptors (Lipinski definition) is 2. The summed E-state index contributed by atoms with van der Waals surface area (Å²) in [4.78, 5) is 10.6. The lowest BCUT2D eigenvalue weighted by molar-refractivity contribution is 0.178. The smallest absolute Gasteiger partial charge is 0.408 e. The van der Waals surface area contributed by atoms with E-state index >= 15 is 0 Å². The lowest BCUT2D eigenvalue weighted by Gasteiger charge is -2.15. The van der Waals surface area contributed by atoms with E-state index in [-0.39, 0.29) is 22.4 Å². The standard InChI is InChI=1S/C7H9NO2S/c9-7-8-6(5-10-7)11-3-1-2-4-11/h1-4,6,11H,5H2,(H,8,9). The summed E-state index contributed by atoms with van der Waals surface area (Å²) in [6.45, 7) is 0.513. The zero-order valence-electron chi connectivity index (χ0n) is 5.86. The lowest BCUT2D eigenvalue weighted by Crippen LogP contribution is -2.24. The number of amides is 1. The molecule has 1 N–H and O–H groups in total. The number of hydrogen-bond donors (Lipinski definition) is 2. The molecule has 2 aliphatic heterocycles.